The molecule has 0 bridgehead atoms. The van der Waals surface area contributed by atoms with Crippen LogP contribution in [0.1, 0.15) is 11.1 Å². The van der Waals surface area contributed by atoms with Gasteiger partial charge >= 0.3 is 0 Å². The first-order chi connectivity index (χ1) is 8.78. The Morgan fingerprint density at radius 3 is 2.67 bits per heavy atom. The van der Waals surface area contributed by atoms with Crippen molar-refractivity contribution in [1.82, 2.24) is 15.1 Å². The quantitative estimate of drug-likeness (QED) is 0.801. The molecule has 96 valence electrons. The monoisotopic (exact) mass is 245 g/mol. The lowest BCUT2D eigenvalue weighted by Gasteiger charge is -2.15. The van der Waals surface area contributed by atoms with Crippen molar-refractivity contribution in [2.24, 2.45) is 7.05 Å². The zero-order valence-corrected chi connectivity index (χ0v) is 10.6. The molecule has 1 aromatic carbocycles. The Morgan fingerprint density at radius 2 is 2.06 bits per heavy atom. The molecule has 1 unspecified atom stereocenters. The SMILES string of the molecule is Cn1cc(CNC(CO)Cc2ccccc2)cn1. The van der Waals surface area contributed by atoms with Gasteiger partial charge in [-0.15, -0.1) is 0 Å². The van der Waals surface area contributed by atoms with Crippen LogP contribution in [-0.4, -0.2) is 27.5 Å². The van der Waals surface area contributed by atoms with Crippen LogP contribution in [0.5, 0.6) is 0 Å². The highest BCUT2D eigenvalue weighted by molar-refractivity contribution is 5.16. The molecular formula is C14H19N3O. The molecule has 0 aliphatic rings. The van der Waals surface area contributed by atoms with E-state index in [1.54, 1.807) is 4.68 Å². The van der Waals surface area contributed by atoms with Gasteiger partial charge in [0, 0.05) is 31.4 Å². The van der Waals surface area contributed by atoms with Gasteiger partial charge in [0.2, 0.25) is 0 Å². The minimum Gasteiger partial charge on any atom is -0.395 e. The van der Waals surface area contributed by atoms with Crippen LogP contribution in [-0.2, 0) is 20.0 Å². The Morgan fingerprint density at radius 1 is 1.28 bits per heavy atom. The molecule has 0 aliphatic carbocycles. The number of rotatable bonds is 6. The molecule has 0 saturated heterocycles. The smallest absolute Gasteiger partial charge is 0.0587 e. The van der Waals surface area contributed by atoms with Crippen molar-refractivity contribution in [3.63, 3.8) is 0 Å². The van der Waals surface area contributed by atoms with E-state index in [1.165, 1.54) is 5.56 Å². The lowest BCUT2D eigenvalue weighted by atomic mass is 10.1. The second-order valence-corrected chi connectivity index (χ2v) is 4.47. The number of hydrogen-bond acceptors (Lipinski definition) is 3. The van der Waals surface area contributed by atoms with E-state index in [9.17, 15) is 5.11 Å². The van der Waals surface area contributed by atoms with Crippen molar-refractivity contribution in [1.29, 1.82) is 0 Å². The van der Waals surface area contributed by atoms with Crippen LogP contribution in [0.3, 0.4) is 0 Å². The third-order valence-corrected chi connectivity index (χ3v) is 2.90. The van der Waals surface area contributed by atoms with Gasteiger partial charge in [0.1, 0.15) is 0 Å². The maximum absolute atomic E-state index is 9.39. The second-order valence-electron chi connectivity index (χ2n) is 4.47. The fraction of sp³-hybridized carbons (Fsp3) is 0.357. The summed E-state index contributed by atoms with van der Waals surface area (Å²) in [4.78, 5) is 0. The predicted octanol–water partition coefficient (Wildman–Crippen LogP) is 1.11. The van der Waals surface area contributed by atoms with Crippen molar-refractivity contribution < 1.29 is 5.11 Å². The molecule has 18 heavy (non-hydrogen) atoms. The van der Waals surface area contributed by atoms with E-state index in [1.807, 2.05) is 37.6 Å². The predicted molar refractivity (Wildman–Crippen MR) is 71.1 cm³/mol. The molecule has 2 N–H and O–H groups in total. The minimum absolute atomic E-state index is 0.0765. The van der Waals surface area contributed by atoms with Gasteiger partial charge in [-0.2, -0.15) is 5.10 Å². The summed E-state index contributed by atoms with van der Waals surface area (Å²) in [7, 11) is 1.90. The van der Waals surface area contributed by atoms with E-state index >= 15 is 0 Å². The van der Waals surface area contributed by atoms with Crippen LogP contribution in [0.25, 0.3) is 0 Å². The molecule has 4 nitrogen and oxygen atoms in total. The second kappa shape index (κ2) is 6.33. The molecule has 1 aromatic heterocycles. The summed E-state index contributed by atoms with van der Waals surface area (Å²) in [6.07, 6.45) is 4.64. The van der Waals surface area contributed by atoms with Crippen molar-refractivity contribution in [3.05, 3.63) is 53.9 Å². The molecule has 1 heterocycles. The van der Waals surface area contributed by atoms with E-state index in [4.69, 9.17) is 0 Å². The maximum atomic E-state index is 9.39. The standard InChI is InChI=1S/C14H19N3O/c1-17-10-13(9-16-17)8-15-14(11-18)7-12-5-3-2-4-6-12/h2-6,9-10,14-15,18H,7-8,11H2,1H3. The first-order valence-corrected chi connectivity index (χ1v) is 6.13. The molecule has 0 spiro atoms. The van der Waals surface area contributed by atoms with E-state index in [0.29, 0.717) is 0 Å². The fourth-order valence-corrected chi connectivity index (χ4v) is 1.93. The van der Waals surface area contributed by atoms with Crippen LogP contribution in [0.2, 0.25) is 0 Å². The number of aliphatic hydroxyl groups excluding tert-OH is 1. The van der Waals surface area contributed by atoms with Crippen molar-refractivity contribution >= 4 is 0 Å². The van der Waals surface area contributed by atoms with Crippen molar-refractivity contribution in [2.75, 3.05) is 6.61 Å². The normalized spacial score (nSPS) is 12.6. The Kier molecular flexibility index (Phi) is 4.50. The maximum Gasteiger partial charge on any atom is 0.0587 e. The van der Waals surface area contributed by atoms with E-state index in [2.05, 4.69) is 22.5 Å². The third kappa shape index (κ3) is 3.68. The fourth-order valence-electron chi connectivity index (χ4n) is 1.93. The van der Waals surface area contributed by atoms with Crippen LogP contribution >= 0.6 is 0 Å². The lowest BCUT2D eigenvalue weighted by Crippen LogP contribution is -2.33. The number of aryl methyl sites for hydroxylation is 1. The van der Waals surface area contributed by atoms with E-state index < -0.39 is 0 Å². The Bertz CT molecular complexity index is 467. The summed E-state index contributed by atoms with van der Waals surface area (Å²) < 4.78 is 1.78. The van der Waals surface area contributed by atoms with Gasteiger partial charge in [-0.25, -0.2) is 0 Å². The molecule has 1 atom stereocenters. The summed E-state index contributed by atoms with van der Waals surface area (Å²) >= 11 is 0. The summed E-state index contributed by atoms with van der Waals surface area (Å²) in [5, 5.41) is 16.8. The highest BCUT2D eigenvalue weighted by Gasteiger charge is 2.08. The average molecular weight is 245 g/mol. The van der Waals surface area contributed by atoms with E-state index in [-0.39, 0.29) is 12.6 Å². The van der Waals surface area contributed by atoms with E-state index in [0.717, 1.165) is 18.5 Å². The third-order valence-electron chi connectivity index (χ3n) is 2.90. The van der Waals surface area contributed by atoms with Crippen LogP contribution in [0, 0.1) is 0 Å². The number of aliphatic hydroxyl groups is 1. The molecule has 2 aromatic rings. The molecule has 0 radical (unpaired) electrons. The van der Waals surface area contributed by atoms with Gasteiger partial charge < -0.3 is 10.4 Å². The van der Waals surface area contributed by atoms with Gasteiger partial charge in [-0.05, 0) is 12.0 Å². The summed E-state index contributed by atoms with van der Waals surface area (Å²) in [5.41, 5.74) is 2.36. The molecule has 0 fully saturated rings. The minimum atomic E-state index is 0.0765. The lowest BCUT2D eigenvalue weighted by molar-refractivity contribution is 0.241. The first kappa shape index (κ1) is 12.8. The summed E-state index contributed by atoms with van der Waals surface area (Å²) in [6, 6.07) is 10.3. The van der Waals surface area contributed by atoms with Crippen LogP contribution in [0.4, 0.5) is 0 Å². The first-order valence-electron chi connectivity index (χ1n) is 6.13. The largest absolute Gasteiger partial charge is 0.395 e. The van der Waals surface area contributed by atoms with Crippen molar-refractivity contribution in [2.45, 2.75) is 19.0 Å². The number of nitrogens with zero attached hydrogens (tertiary/aromatic N) is 2. The zero-order chi connectivity index (χ0) is 12.8. The highest BCUT2D eigenvalue weighted by Crippen LogP contribution is 2.04. The number of benzene rings is 1. The Labute approximate surface area is 107 Å². The molecule has 0 saturated carbocycles. The van der Waals surface area contributed by atoms with Gasteiger partial charge in [-0.1, -0.05) is 30.3 Å². The number of nitrogens with one attached hydrogen (secondary N) is 1. The topological polar surface area (TPSA) is 50.1 Å². The molecule has 0 amide bonds. The van der Waals surface area contributed by atoms with Gasteiger partial charge in [0.05, 0.1) is 12.8 Å². The zero-order valence-electron chi connectivity index (χ0n) is 10.6. The van der Waals surface area contributed by atoms with Gasteiger partial charge in [-0.3, -0.25) is 4.68 Å². The Hall–Kier alpha value is -1.65. The highest BCUT2D eigenvalue weighted by atomic mass is 16.3. The van der Waals surface area contributed by atoms with Gasteiger partial charge in [0.15, 0.2) is 0 Å². The summed E-state index contributed by atoms with van der Waals surface area (Å²) in [5.74, 6) is 0. The Balaban J connectivity index is 1.86. The molecule has 4 heteroatoms. The van der Waals surface area contributed by atoms with Gasteiger partial charge in [0.25, 0.3) is 0 Å². The summed E-state index contributed by atoms with van der Waals surface area (Å²) in [6.45, 7) is 0.862. The molecule has 0 aliphatic heterocycles. The van der Waals surface area contributed by atoms with Crippen molar-refractivity contribution in [3.8, 4) is 0 Å². The van der Waals surface area contributed by atoms with Crippen LogP contribution in [0.15, 0.2) is 42.7 Å². The number of hydrogen-bond donors (Lipinski definition) is 2. The average Bonchev–Trinajstić information content (AvgIpc) is 2.81. The number of aromatic nitrogens is 2. The molecule has 2 rings (SSSR count). The molecular weight excluding hydrogens is 226 g/mol. The van der Waals surface area contributed by atoms with Crippen LogP contribution < -0.4 is 5.32 Å².